The molecule has 0 radical (unpaired) electrons. The molecule has 0 aliphatic heterocycles. The molecule has 18 heavy (non-hydrogen) atoms. The molecular weight excluding hydrogens is 248 g/mol. The Labute approximate surface area is 112 Å². The van der Waals surface area contributed by atoms with Gasteiger partial charge in [-0.1, -0.05) is 31.0 Å². The highest BCUT2D eigenvalue weighted by molar-refractivity contribution is 7.99. The van der Waals surface area contributed by atoms with Crippen LogP contribution in [0.15, 0.2) is 5.16 Å². The number of aromatic nitrogens is 3. The predicted molar refractivity (Wildman–Crippen MR) is 72.6 cm³/mol. The van der Waals surface area contributed by atoms with Crippen LogP contribution >= 0.6 is 11.8 Å². The first-order chi connectivity index (χ1) is 8.64. The standard InChI is InChI=1S/C12H22N4OS/c1-10-14-15-11(16(10)8-7-13)18-9-12(17)5-3-2-4-6-12/h17H,2-9,13H2,1H3. The van der Waals surface area contributed by atoms with Gasteiger partial charge in [0.05, 0.1) is 5.60 Å². The number of nitrogens with two attached hydrogens (primary N) is 1. The Balaban J connectivity index is 1.97. The van der Waals surface area contributed by atoms with Crippen LogP contribution < -0.4 is 5.73 Å². The van der Waals surface area contributed by atoms with Gasteiger partial charge in [0.1, 0.15) is 5.82 Å². The fourth-order valence-electron chi connectivity index (χ4n) is 2.41. The van der Waals surface area contributed by atoms with Crippen molar-refractivity contribution in [2.45, 2.75) is 56.3 Å². The summed E-state index contributed by atoms with van der Waals surface area (Å²) in [5.74, 6) is 1.59. The molecule has 1 saturated carbocycles. The molecule has 1 aromatic rings. The fourth-order valence-corrected chi connectivity index (χ4v) is 3.57. The zero-order valence-electron chi connectivity index (χ0n) is 10.9. The Hall–Kier alpha value is -0.590. The molecule has 102 valence electrons. The molecule has 0 unspecified atom stereocenters. The summed E-state index contributed by atoms with van der Waals surface area (Å²) in [6, 6.07) is 0. The van der Waals surface area contributed by atoms with Crippen LogP contribution in [-0.2, 0) is 6.54 Å². The summed E-state index contributed by atoms with van der Waals surface area (Å²) in [4.78, 5) is 0. The molecule has 0 atom stereocenters. The molecule has 0 spiro atoms. The van der Waals surface area contributed by atoms with Crippen molar-refractivity contribution in [2.24, 2.45) is 5.73 Å². The third-order valence-corrected chi connectivity index (χ3v) is 4.75. The van der Waals surface area contributed by atoms with Gasteiger partial charge in [-0.25, -0.2) is 0 Å². The minimum Gasteiger partial charge on any atom is -0.389 e. The van der Waals surface area contributed by atoms with Crippen molar-refractivity contribution in [3.63, 3.8) is 0 Å². The highest BCUT2D eigenvalue weighted by atomic mass is 32.2. The van der Waals surface area contributed by atoms with E-state index in [9.17, 15) is 5.11 Å². The lowest BCUT2D eigenvalue weighted by Gasteiger charge is -2.31. The van der Waals surface area contributed by atoms with E-state index >= 15 is 0 Å². The molecule has 5 nitrogen and oxygen atoms in total. The van der Waals surface area contributed by atoms with Crippen molar-refractivity contribution >= 4 is 11.8 Å². The van der Waals surface area contributed by atoms with Crippen LogP contribution in [0.4, 0.5) is 0 Å². The van der Waals surface area contributed by atoms with E-state index in [1.165, 1.54) is 6.42 Å². The van der Waals surface area contributed by atoms with Crippen LogP contribution in [-0.4, -0.2) is 37.8 Å². The topological polar surface area (TPSA) is 77.0 Å². The van der Waals surface area contributed by atoms with Crippen LogP contribution in [0.2, 0.25) is 0 Å². The third kappa shape index (κ3) is 3.24. The second kappa shape index (κ2) is 6.04. The number of thioether (sulfide) groups is 1. The lowest BCUT2D eigenvalue weighted by atomic mass is 9.86. The first-order valence-corrected chi connectivity index (χ1v) is 7.58. The zero-order valence-corrected chi connectivity index (χ0v) is 11.7. The van der Waals surface area contributed by atoms with Gasteiger partial charge in [-0.2, -0.15) is 0 Å². The molecule has 0 bridgehead atoms. The SMILES string of the molecule is Cc1nnc(SCC2(O)CCCCC2)n1CCN. The Morgan fingerprint density at radius 2 is 2.06 bits per heavy atom. The highest BCUT2D eigenvalue weighted by Crippen LogP contribution is 2.33. The predicted octanol–water partition coefficient (Wildman–Crippen LogP) is 1.33. The van der Waals surface area contributed by atoms with Crippen molar-refractivity contribution in [3.05, 3.63) is 5.82 Å². The summed E-state index contributed by atoms with van der Waals surface area (Å²) in [6.07, 6.45) is 5.32. The molecule has 3 N–H and O–H groups in total. The van der Waals surface area contributed by atoms with E-state index in [1.54, 1.807) is 11.8 Å². The third-order valence-electron chi connectivity index (χ3n) is 3.51. The van der Waals surface area contributed by atoms with Crippen molar-refractivity contribution in [2.75, 3.05) is 12.3 Å². The number of aryl methyl sites for hydroxylation is 1. The number of hydrogen-bond donors (Lipinski definition) is 2. The van der Waals surface area contributed by atoms with Crippen molar-refractivity contribution in [1.82, 2.24) is 14.8 Å². The van der Waals surface area contributed by atoms with E-state index in [4.69, 9.17) is 5.73 Å². The minimum absolute atomic E-state index is 0.518. The van der Waals surface area contributed by atoms with Crippen molar-refractivity contribution in [3.8, 4) is 0 Å². The number of rotatable bonds is 5. The van der Waals surface area contributed by atoms with Gasteiger partial charge >= 0.3 is 0 Å². The van der Waals surface area contributed by atoms with Crippen LogP contribution in [0, 0.1) is 6.92 Å². The lowest BCUT2D eigenvalue weighted by Crippen LogP contribution is -2.34. The number of nitrogens with zero attached hydrogens (tertiary/aromatic N) is 3. The normalized spacial score (nSPS) is 19.1. The van der Waals surface area contributed by atoms with Crippen molar-refractivity contribution < 1.29 is 5.11 Å². The summed E-state index contributed by atoms with van der Waals surface area (Å²) in [5, 5.41) is 19.6. The molecule has 0 aromatic carbocycles. The van der Waals surface area contributed by atoms with Gasteiger partial charge in [0.2, 0.25) is 0 Å². The molecule has 1 heterocycles. The lowest BCUT2D eigenvalue weighted by molar-refractivity contribution is 0.0272. The maximum absolute atomic E-state index is 10.5. The van der Waals surface area contributed by atoms with Crippen LogP contribution in [0.5, 0.6) is 0 Å². The van der Waals surface area contributed by atoms with E-state index in [2.05, 4.69) is 10.2 Å². The maximum atomic E-state index is 10.5. The molecule has 0 saturated heterocycles. The van der Waals surface area contributed by atoms with Gasteiger partial charge in [-0.15, -0.1) is 10.2 Å². The summed E-state index contributed by atoms with van der Waals surface area (Å²) in [5.41, 5.74) is 5.07. The molecule has 1 fully saturated rings. The average Bonchev–Trinajstić information content (AvgIpc) is 2.70. The van der Waals surface area contributed by atoms with E-state index < -0.39 is 5.60 Å². The summed E-state index contributed by atoms with van der Waals surface area (Å²) < 4.78 is 2.02. The summed E-state index contributed by atoms with van der Waals surface area (Å²) in [6.45, 7) is 3.25. The Morgan fingerprint density at radius 1 is 1.33 bits per heavy atom. The first-order valence-electron chi connectivity index (χ1n) is 6.60. The number of aliphatic hydroxyl groups is 1. The quantitative estimate of drug-likeness (QED) is 0.789. The van der Waals surface area contributed by atoms with E-state index in [-0.39, 0.29) is 0 Å². The molecule has 6 heteroatoms. The molecule has 1 aliphatic carbocycles. The Morgan fingerprint density at radius 3 is 2.72 bits per heavy atom. The van der Waals surface area contributed by atoms with Crippen molar-refractivity contribution in [1.29, 1.82) is 0 Å². The molecular formula is C12H22N4OS. The first kappa shape index (κ1) is 13.8. The monoisotopic (exact) mass is 270 g/mol. The van der Waals surface area contributed by atoms with Gasteiger partial charge in [-0.3, -0.25) is 0 Å². The van der Waals surface area contributed by atoms with Crippen LogP contribution in [0.25, 0.3) is 0 Å². The molecule has 2 rings (SSSR count). The highest BCUT2D eigenvalue weighted by Gasteiger charge is 2.29. The van der Waals surface area contributed by atoms with E-state index in [1.807, 2.05) is 11.5 Å². The molecule has 0 amide bonds. The largest absolute Gasteiger partial charge is 0.389 e. The second-order valence-corrected chi connectivity index (χ2v) is 5.99. The second-order valence-electron chi connectivity index (χ2n) is 5.04. The Kier molecular flexibility index (Phi) is 4.64. The summed E-state index contributed by atoms with van der Waals surface area (Å²) >= 11 is 1.60. The summed E-state index contributed by atoms with van der Waals surface area (Å²) in [7, 11) is 0. The smallest absolute Gasteiger partial charge is 0.191 e. The fraction of sp³-hybridized carbons (Fsp3) is 0.833. The van der Waals surface area contributed by atoms with Gasteiger partial charge in [-0.05, 0) is 19.8 Å². The minimum atomic E-state index is -0.518. The van der Waals surface area contributed by atoms with Crippen LogP contribution in [0.3, 0.4) is 0 Å². The maximum Gasteiger partial charge on any atom is 0.191 e. The Bertz CT molecular complexity index is 387. The van der Waals surface area contributed by atoms with Gasteiger partial charge in [0, 0.05) is 18.8 Å². The van der Waals surface area contributed by atoms with E-state index in [0.29, 0.717) is 12.3 Å². The number of hydrogen-bond acceptors (Lipinski definition) is 5. The van der Waals surface area contributed by atoms with E-state index in [0.717, 1.165) is 43.2 Å². The van der Waals surface area contributed by atoms with Gasteiger partial charge in [0.25, 0.3) is 0 Å². The van der Waals surface area contributed by atoms with Gasteiger partial charge in [0.15, 0.2) is 5.16 Å². The average molecular weight is 270 g/mol. The zero-order chi connectivity index (χ0) is 13.0. The van der Waals surface area contributed by atoms with Crippen LogP contribution in [0.1, 0.15) is 37.9 Å². The van der Waals surface area contributed by atoms with Gasteiger partial charge < -0.3 is 15.4 Å². The molecule has 1 aromatic heterocycles. The molecule has 1 aliphatic rings.